The van der Waals surface area contributed by atoms with Crippen LogP contribution in [0.3, 0.4) is 0 Å². The number of hydrogen-bond donors (Lipinski definition) is 1. The van der Waals surface area contributed by atoms with E-state index in [4.69, 9.17) is 5.11 Å². The molecular formula is C14H13F6NO3. The van der Waals surface area contributed by atoms with Gasteiger partial charge in [0.2, 0.25) is 0 Å². The minimum atomic E-state index is -5.04. The molecule has 1 aromatic carbocycles. The SMILES string of the molecule is CN(CCCC(=O)O)C(=O)c1cc(C(F)(F)F)cc(C(F)(F)F)c1. The van der Waals surface area contributed by atoms with E-state index in [2.05, 4.69) is 0 Å². The first kappa shape index (κ1) is 19.8. The maximum absolute atomic E-state index is 12.7. The van der Waals surface area contributed by atoms with Crippen LogP contribution in [0.5, 0.6) is 0 Å². The van der Waals surface area contributed by atoms with Crippen molar-refractivity contribution in [2.24, 2.45) is 0 Å². The predicted octanol–water partition coefficient (Wildman–Crippen LogP) is 3.66. The highest BCUT2D eigenvalue weighted by molar-refractivity contribution is 5.94. The fraction of sp³-hybridized carbons (Fsp3) is 0.429. The minimum Gasteiger partial charge on any atom is -0.481 e. The lowest BCUT2D eigenvalue weighted by atomic mass is 10.0. The smallest absolute Gasteiger partial charge is 0.416 e. The number of rotatable bonds is 5. The summed E-state index contributed by atoms with van der Waals surface area (Å²) in [6.07, 6.45) is -10.4. The molecule has 0 bridgehead atoms. The average molecular weight is 357 g/mol. The topological polar surface area (TPSA) is 57.6 Å². The highest BCUT2D eigenvalue weighted by Gasteiger charge is 2.37. The molecule has 1 amide bonds. The maximum atomic E-state index is 12.7. The number of carbonyl (C=O) groups excluding carboxylic acids is 1. The Morgan fingerprint density at radius 2 is 1.46 bits per heavy atom. The van der Waals surface area contributed by atoms with Crippen molar-refractivity contribution >= 4 is 11.9 Å². The van der Waals surface area contributed by atoms with E-state index >= 15 is 0 Å². The van der Waals surface area contributed by atoms with Crippen LogP contribution < -0.4 is 0 Å². The van der Waals surface area contributed by atoms with Crippen LogP contribution in [0.25, 0.3) is 0 Å². The van der Waals surface area contributed by atoms with E-state index < -0.39 is 40.9 Å². The normalized spacial score (nSPS) is 12.1. The second kappa shape index (κ2) is 7.10. The van der Waals surface area contributed by atoms with Crippen molar-refractivity contribution in [2.75, 3.05) is 13.6 Å². The number of carbonyl (C=O) groups is 2. The van der Waals surface area contributed by atoms with Gasteiger partial charge in [-0.15, -0.1) is 0 Å². The van der Waals surface area contributed by atoms with Crippen molar-refractivity contribution in [3.63, 3.8) is 0 Å². The molecule has 10 heteroatoms. The largest absolute Gasteiger partial charge is 0.481 e. The quantitative estimate of drug-likeness (QED) is 0.819. The third-order valence-corrected chi connectivity index (χ3v) is 3.07. The van der Waals surface area contributed by atoms with E-state index in [1.807, 2.05) is 0 Å². The number of aliphatic carboxylic acids is 1. The lowest BCUT2D eigenvalue weighted by molar-refractivity contribution is -0.143. The van der Waals surface area contributed by atoms with Gasteiger partial charge < -0.3 is 10.0 Å². The molecule has 0 radical (unpaired) electrons. The Balaban J connectivity index is 3.13. The molecule has 24 heavy (non-hydrogen) atoms. The third kappa shape index (κ3) is 5.43. The van der Waals surface area contributed by atoms with Crippen LogP contribution in [0.2, 0.25) is 0 Å². The standard InChI is InChI=1S/C14H13F6NO3/c1-21(4-2-3-11(22)23)12(24)8-5-9(13(15,16)17)7-10(6-8)14(18,19)20/h5-7H,2-4H2,1H3,(H,22,23). The van der Waals surface area contributed by atoms with Crippen LogP contribution in [0.15, 0.2) is 18.2 Å². The van der Waals surface area contributed by atoms with Crippen molar-refractivity contribution in [3.05, 3.63) is 34.9 Å². The third-order valence-electron chi connectivity index (χ3n) is 3.07. The Kier molecular flexibility index (Phi) is 5.85. The first-order chi connectivity index (χ1) is 10.8. The summed E-state index contributed by atoms with van der Waals surface area (Å²) in [6, 6.07) is 0.609. The summed E-state index contributed by atoms with van der Waals surface area (Å²) in [5.41, 5.74) is -3.94. The number of hydrogen-bond acceptors (Lipinski definition) is 2. The number of carboxylic acid groups (broad SMARTS) is 1. The summed E-state index contributed by atoms with van der Waals surface area (Å²) in [5, 5.41) is 8.48. The molecule has 0 saturated heterocycles. The number of halogens is 6. The molecular weight excluding hydrogens is 344 g/mol. The van der Waals surface area contributed by atoms with Gasteiger partial charge >= 0.3 is 18.3 Å². The first-order valence-corrected chi connectivity index (χ1v) is 6.59. The molecule has 0 atom stereocenters. The number of alkyl halides is 6. The number of benzene rings is 1. The van der Waals surface area contributed by atoms with Gasteiger partial charge in [-0.05, 0) is 24.6 Å². The molecule has 1 N–H and O–H groups in total. The van der Waals surface area contributed by atoms with Crippen molar-refractivity contribution in [1.82, 2.24) is 4.90 Å². The molecule has 0 spiro atoms. The summed E-state index contributed by atoms with van der Waals surface area (Å²) in [4.78, 5) is 23.3. The summed E-state index contributed by atoms with van der Waals surface area (Å²) in [5.74, 6) is -2.19. The molecule has 1 rings (SSSR count). The molecule has 1 aromatic rings. The molecule has 0 heterocycles. The molecule has 0 aliphatic heterocycles. The van der Waals surface area contributed by atoms with Gasteiger partial charge in [0.25, 0.3) is 5.91 Å². The van der Waals surface area contributed by atoms with Crippen LogP contribution in [-0.4, -0.2) is 35.5 Å². The average Bonchev–Trinajstić information content (AvgIpc) is 2.43. The highest BCUT2D eigenvalue weighted by Crippen LogP contribution is 2.36. The Labute approximate surface area is 132 Å². The van der Waals surface area contributed by atoms with Gasteiger partial charge in [0.15, 0.2) is 0 Å². The summed E-state index contributed by atoms with van der Waals surface area (Å²) in [7, 11) is 1.16. The van der Waals surface area contributed by atoms with Crippen LogP contribution in [0, 0.1) is 0 Å². The Morgan fingerprint density at radius 1 is 1.00 bits per heavy atom. The lowest BCUT2D eigenvalue weighted by Crippen LogP contribution is -2.29. The summed E-state index contributed by atoms with van der Waals surface area (Å²) >= 11 is 0. The molecule has 134 valence electrons. The zero-order valence-electron chi connectivity index (χ0n) is 12.3. The van der Waals surface area contributed by atoms with E-state index in [1.54, 1.807) is 0 Å². The molecule has 0 aliphatic carbocycles. The van der Waals surface area contributed by atoms with Gasteiger partial charge in [0.05, 0.1) is 11.1 Å². The van der Waals surface area contributed by atoms with E-state index in [1.165, 1.54) is 0 Å². The fourth-order valence-corrected chi connectivity index (χ4v) is 1.87. The van der Waals surface area contributed by atoms with Crippen LogP contribution in [0.4, 0.5) is 26.3 Å². The van der Waals surface area contributed by atoms with Gasteiger partial charge in [0, 0.05) is 25.6 Å². The lowest BCUT2D eigenvalue weighted by Gasteiger charge is -2.19. The Hall–Kier alpha value is -2.26. The van der Waals surface area contributed by atoms with Gasteiger partial charge in [0.1, 0.15) is 0 Å². The van der Waals surface area contributed by atoms with Crippen LogP contribution in [0.1, 0.15) is 34.3 Å². The van der Waals surface area contributed by atoms with E-state index in [9.17, 15) is 35.9 Å². The second-order valence-electron chi connectivity index (χ2n) is 5.02. The molecule has 0 saturated carbocycles. The van der Waals surface area contributed by atoms with Gasteiger partial charge in [-0.2, -0.15) is 26.3 Å². The summed E-state index contributed by atoms with van der Waals surface area (Å²) in [6.45, 7) is -0.122. The van der Waals surface area contributed by atoms with Crippen molar-refractivity contribution in [3.8, 4) is 0 Å². The Morgan fingerprint density at radius 3 is 1.83 bits per heavy atom. The molecule has 0 aliphatic rings. The van der Waals surface area contributed by atoms with Crippen LogP contribution >= 0.6 is 0 Å². The van der Waals surface area contributed by atoms with Crippen molar-refractivity contribution < 1.29 is 41.0 Å². The maximum Gasteiger partial charge on any atom is 0.416 e. The second-order valence-corrected chi connectivity index (χ2v) is 5.02. The molecule has 0 aromatic heterocycles. The fourth-order valence-electron chi connectivity index (χ4n) is 1.87. The van der Waals surface area contributed by atoms with Crippen molar-refractivity contribution in [1.29, 1.82) is 0 Å². The zero-order chi connectivity index (χ0) is 18.7. The monoisotopic (exact) mass is 357 g/mol. The highest BCUT2D eigenvalue weighted by atomic mass is 19.4. The van der Waals surface area contributed by atoms with E-state index in [0.717, 1.165) is 11.9 Å². The molecule has 0 unspecified atom stereocenters. The van der Waals surface area contributed by atoms with Crippen LogP contribution in [-0.2, 0) is 17.1 Å². The minimum absolute atomic E-state index is 0.0165. The predicted molar refractivity (Wildman–Crippen MR) is 70.3 cm³/mol. The molecule has 4 nitrogen and oxygen atoms in total. The Bertz CT molecular complexity index is 592. The number of carboxylic acids is 1. The van der Waals surface area contributed by atoms with Gasteiger partial charge in [-0.1, -0.05) is 0 Å². The number of nitrogens with zero attached hydrogens (tertiary/aromatic N) is 1. The molecule has 0 fully saturated rings. The van der Waals surface area contributed by atoms with E-state index in [-0.39, 0.29) is 25.5 Å². The number of amides is 1. The van der Waals surface area contributed by atoms with Gasteiger partial charge in [-0.3, -0.25) is 9.59 Å². The summed E-state index contributed by atoms with van der Waals surface area (Å²) < 4.78 is 76.4. The first-order valence-electron chi connectivity index (χ1n) is 6.59. The zero-order valence-corrected chi connectivity index (χ0v) is 12.3. The van der Waals surface area contributed by atoms with Gasteiger partial charge in [-0.25, -0.2) is 0 Å². The van der Waals surface area contributed by atoms with Crippen molar-refractivity contribution in [2.45, 2.75) is 25.2 Å². The van der Waals surface area contributed by atoms with E-state index in [0.29, 0.717) is 12.1 Å².